The number of rotatable bonds is 3. The van der Waals surface area contributed by atoms with E-state index in [2.05, 4.69) is 9.97 Å². The van der Waals surface area contributed by atoms with Crippen LogP contribution >= 0.6 is 0 Å². The molecule has 0 atom stereocenters. The summed E-state index contributed by atoms with van der Waals surface area (Å²) >= 11 is 0. The van der Waals surface area contributed by atoms with Gasteiger partial charge in [-0.25, -0.2) is 0 Å². The van der Waals surface area contributed by atoms with Crippen molar-refractivity contribution in [1.29, 1.82) is 0 Å². The summed E-state index contributed by atoms with van der Waals surface area (Å²) < 4.78 is 10.2. The molecule has 2 rings (SSSR count). The fourth-order valence-corrected chi connectivity index (χ4v) is 0.979. The van der Waals surface area contributed by atoms with E-state index in [1.165, 1.54) is 6.26 Å². The van der Waals surface area contributed by atoms with Crippen LogP contribution in [-0.2, 0) is 6.61 Å². The lowest BCUT2D eigenvalue weighted by Gasteiger charge is -2.01. The summed E-state index contributed by atoms with van der Waals surface area (Å²) in [5, 5.41) is 0. The predicted octanol–water partition coefficient (Wildman–Crippen LogP) is 1.23. The van der Waals surface area contributed by atoms with Crippen LogP contribution in [0.4, 0.5) is 6.01 Å². The molecule has 0 aliphatic rings. The second kappa shape index (κ2) is 3.78. The number of ether oxygens (including phenoxy) is 1. The van der Waals surface area contributed by atoms with Crippen LogP contribution in [0.3, 0.4) is 0 Å². The molecule has 0 aliphatic heterocycles. The van der Waals surface area contributed by atoms with Gasteiger partial charge in [0.2, 0.25) is 0 Å². The maximum Gasteiger partial charge on any atom is 0.292 e. The third kappa shape index (κ3) is 2.01. The average molecular weight is 191 g/mol. The summed E-state index contributed by atoms with van der Waals surface area (Å²) in [6.45, 7) is 0.326. The van der Waals surface area contributed by atoms with Crippen molar-refractivity contribution >= 4 is 6.01 Å². The first-order valence-corrected chi connectivity index (χ1v) is 4.07. The van der Waals surface area contributed by atoms with Crippen LogP contribution in [0.5, 0.6) is 5.75 Å². The van der Waals surface area contributed by atoms with Gasteiger partial charge in [-0.15, -0.1) is 0 Å². The highest BCUT2D eigenvalue weighted by Gasteiger charge is 2.00. The van der Waals surface area contributed by atoms with Gasteiger partial charge in [0.05, 0.1) is 6.20 Å². The van der Waals surface area contributed by atoms with E-state index in [1.807, 2.05) is 6.07 Å². The topological polar surface area (TPSA) is 74.2 Å². The van der Waals surface area contributed by atoms with Gasteiger partial charge in [-0.1, -0.05) is 0 Å². The van der Waals surface area contributed by atoms with E-state index in [4.69, 9.17) is 14.9 Å². The molecule has 14 heavy (non-hydrogen) atoms. The second-order valence-corrected chi connectivity index (χ2v) is 2.65. The van der Waals surface area contributed by atoms with Gasteiger partial charge in [0.25, 0.3) is 6.01 Å². The fraction of sp³-hybridized carbons (Fsp3) is 0.111. The van der Waals surface area contributed by atoms with Crippen molar-refractivity contribution in [3.63, 3.8) is 0 Å². The Balaban J connectivity index is 1.95. The van der Waals surface area contributed by atoms with Crippen LogP contribution in [0.15, 0.2) is 35.2 Å². The van der Waals surface area contributed by atoms with Gasteiger partial charge < -0.3 is 14.9 Å². The Kier molecular flexibility index (Phi) is 2.31. The lowest BCUT2D eigenvalue weighted by Crippen LogP contribution is -1.96. The number of nitrogen functional groups attached to an aromatic ring is 1. The zero-order valence-electron chi connectivity index (χ0n) is 7.38. The molecule has 0 radical (unpaired) electrons. The molecule has 2 N–H and O–H groups in total. The summed E-state index contributed by atoms with van der Waals surface area (Å²) in [7, 11) is 0. The standard InChI is InChI=1S/C9H9N3O2/c10-9-12-7(6-14-9)5-13-8-2-1-3-11-4-8/h1-4,6H,5H2,(H2,10,12). The molecule has 2 heterocycles. The first kappa shape index (κ1) is 8.55. The van der Waals surface area contributed by atoms with Crippen molar-refractivity contribution in [2.75, 3.05) is 5.73 Å². The van der Waals surface area contributed by atoms with Crippen molar-refractivity contribution in [2.45, 2.75) is 6.61 Å². The molecule has 5 nitrogen and oxygen atoms in total. The minimum Gasteiger partial charge on any atom is -0.486 e. The third-order valence-corrected chi connectivity index (χ3v) is 1.59. The molecule has 0 saturated heterocycles. The molecular formula is C9H9N3O2. The first-order valence-electron chi connectivity index (χ1n) is 4.07. The Hall–Kier alpha value is -2.04. The Labute approximate surface area is 80.5 Å². The van der Waals surface area contributed by atoms with Gasteiger partial charge in [-0.2, -0.15) is 4.98 Å². The second-order valence-electron chi connectivity index (χ2n) is 2.65. The minimum atomic E-state index is 0.148. The van der Waals surface area contributed by atoms with Gasteiger partial charge in [-0.3, -0.25) is 4.98 Å². The number of anilines is 1. The van der Waals surface area contributed by atoms with E-state index in [0.29, 0.717) is 18.1 Å². The van der Waals surface area contributed by atoms with Crippen LogP contribution in [0.25, 0.3) is 0 Å². The SMILES string of the molecule is Nc1nc(COc2cccnc2)co1. The zero-order chi connectivity index (χ0) is 9.80. The van der Waals surface area contributed by atoms with Gasteiger partial charge in [0, 0.05) is 6.20 Å². The highest BCUT2D eigenvalue weighted by molar-refractivity contribution is 5.17. The average Bonchev–Trinajstić information content (AvgIpc) is 2.63. The molecule has 0 fully saturated rings. The van der Waals surface area contributed by atoms with Crippen molar-refractivity contribution in [3.8, 4) is 5.75 Å². The number of nitrogens with two attached hydrogens (primary N) is 1. The summed E-state index contributed by atoms with van der Waals surface area (Å²) in [6.07, 6.45) is 4.77. The molecule has 0 aromatic carbocycles. The predicted molar refractivity (Wildman–Crippen MR) is 49.5 cm³/mol. The Bertz CT molecular complexity index is 399. The number of aromatic nitrogens is 2. The van der Waals surface area contributed by atoms with E-state index >= 15 is 0 Å². The molecule has 0 saturated carbocycles. The smallest absolute Gasteiger partial charge is 0.292 e. The van der Waals surface area contributed by atoms with Gasteiger partial charge in [0.1, 0.15) is 24.3 Å². The Morgan fingerprint density at radius 3 is 3.07 bits per heavy atom. The Morgan fingerprint density at radius 2 is 2.43 bits per heavy atom. The van der Waals surface area contributed by atoms with Crippen molar-refractivity contribution in [3.05, 3.63) is 36.5 Å². The molecule has 2 aromatic heterocycles. The van der Waals surface area contributed by atoms with Crippen molar-refractivity contribution in [1.82, 2.24) is 9.97 Å². The van der Waals surface area contributed by atoms with Crippen LogP contribution in [0.2, 0.25) is 0 Å². The molecule has 0 spiro atoms. The summed E-state index contributed by atoms with van der Waals surface area (Å²) in [5.74, 6) is 0.689. The van der Waals surface area contributed by atoms with E-state index in [0.717, 1.165) is 0 Å². The quantitative estimate of drug-likeness (QED) is 0.789. The van der Waals surface area contributed by atoms with Crippen LogP contribution in [0.1, 0.15) is 5.69 Å². The zero-order valence-corrected chi connectivity index (χ0v) is 7.38. The van der Waals surface area contributed by atoms with E-state index < -0.39 is 0 Å². The number of nitrogens with zero attached hydrogens (tertiary/aromatic N) is 2. The number of pyridine rings is 1. The Morgan fingerprint density at radius 1 is 1.50 bits per heavy atom. The van der Waals surface area contributed by atoms with Gasteiger partial charge in [0.15, 0.2) is 0 Å². The summed E-state index contributed by atoms with van der Waals surface area (Å²) in [4.78, 5) is 7.80. The van der Waals surface area contributed by atoms with Crippen LogP contribution in [-0.4, -0.2) is 9.97 Å². The van der Waals surface area contributed by atoms with Crippen molar-refractivity contribution < 1.29 is 9.15 Å². The van der Waals surface area contributed by atoms with E-state index in [9.17, 15) is 0 Å². The maximum atomic E-state index is 5.36. The lowest BCUT2D eigenvalue weighted by atomic mass is 10.4. The van der Waals surface area contributed by atoms with E-state index in [-0.39, 0.29) is 6.01 Å². The molecular weight excluding hydrogens is 182 g/mol. The highest BCUT2D eigenvalue weighted by atomic mass is 16.5. The molecule has 0 amide bonds. The minimum absolute atomic E-state index is 0.148. The number of oxazole rings is 1. The molecule has 0 unspecified atom stereocenters. The maximum absolute atomic E-state index is 5.36. The number of hydrogen-bond donors (Lipinski definition) is 1. The summed E-state index contributed by atoms with van der Waals surface area (Å²) in [5.41, 5.74) is 5.96. The lowest BCUT2D eigenvalue weighted by molar-refractivity contribution is 0.300. The van der Waals surface area contributed by atoms with Gasteiger partial charge in [-0.05, 0) is 12.1 Å². The van der Waals surface area contributed by atoms with Crippen LogP contribution < -0.4 is 10.5 Å². The highest BCUT2D eigenvalue weighted by Crippen LogP contribution is 2.10. The molecule has 5 heteroatoms. The molecule has 2 aromatic rings. The fourth-order valence-electron chi connectivity index (χ4n) is 0.979. The molecule has 0 bridgehead atoms. The number of hydrogen-bond acceptors (Lipinski definition) is 5. The largest absolute Gasteiger partial charge is 0.486 e. The van der Waals surface area contributed by atoms with Gasteiger partial charge >= 0.3 is 0 Å². The normalized spacial score (nSPS) is 10.0. The first-order chi connectivity index (χ1) is 6.84. The van der Waals surface area contributed by atoms with E-state index in [1.54, 1.807) is 18.5 Å². The monoisotopic (exact) mass is 191 g/mol. The van der Waals surface area contributed by atoms with Crippen molar-refractivity contribution in [2.24, 2.45) is 0 Å². The third-order valence-electron chi connectivity index (χ3n) is 1.59. The van der Waals surface area contributed by atoms with Crippen LogP contribution in [0, 0.1) is 0 Å². The molecule has 72 valence electrons. The molecule has 0 aliphatic carbocycles. The summed E-state index contributed by atoms with van der Waals surface area (Å²) in [6, 6.07) is 3.76.